The Morgan fingerprint density at radius 2 is 2.43 bits per heavy atom. The van der Waals surface area contributed by atoms with Crippen LogP contribution >= 0.6 is 0 Å². The van der Waals surface area contributed by atoms with Crippen LogP contribution in [0.4, 0.5) is 5.82 Å². The van der Waals surface area contributed by atoms with E-state index in [-0.39, 0.29) is 6.42 Å². The molecule has 0 unspecified atom stereocenters. The standard InChI is InChI=1S/C8H8N4O2/c1-14-8-3-2-6(11-12-8)10-7(13)4-5-9/h2-3H,4H2,1H3,(H,10,11,13). The van der Waals surface area contributed by atoms with Gasteiger partial charge < -0.3 is 10.1 Å². The van der Waals surface area contributed by atoms with Gasteiger partial charge in [-0.2, -0.15) is 5.26 Å². The van der Waals surface area contributed by atoms with E-state index >= 15 is 0 Å². The van der Waals surface area contributed by atoms with Gasteiger partial charge in [-0.25, -0.2) is 0 Å². The van der Waals surface area contributed by atoms with E-state index in [4.69, 9.17) is 10.00 Å². The van der Waals surface area contributed by atoms with Crippen molar-refractivity contribution in [2.45, 2.75) is 6.42 Å². The Balaban J connectivity index is 2.60. The fourth-order valence-corrected chi connectivity index (χ4v) is 0.754. The molecule has 1 amide bonds. The minimum Gasteiger partial charge on any atom is -0.480 e. The second-order valence-corrected chi connectivity index (χ2v) is 2.34. The normalized spacial score (nSPS) is 8.86. The highest BCUT2D eigenvalue weighted by Gasteiger charge is 2.02. The topological polar surface area (TPSA) is 87.9 Å². The zero-order valence-corrected chi connectivity index (χ0v) is 7.52. The van der Waals surface area contributed by atoms with E-state index < -0.39 is 5.91 Å². The number of nitrogens with zero attached hydrogens (tertiary/aromatic N) is 3. The molecule has 0 spiro atoms. The van der Waals surface area contributed by atoms with Crippen LogP contribution in [-0.2, 0) is 4.79 Å². The predicted octanol–water partition coefficient (Wildman–Crippen LogP) is 0.337. The number of methoxy groups -OCH3 is 1. The fourth-order valence-electron chi connectivity index (χ4n) is 0.754. The zero-order valence-electron chi connectivity index (χ0n) is 7.52. The molecule has 72 valence electrons. The third-order valence-electron chi connectivity index (χ3n) is 1.36. The number of ether oxygens (including phenoxy) is 1. The highest BCUT2D eigenvalue weighted by Crippen LogP contribution is 2.07. The van der Waals surface area contributed by atoms with Crippen LogP contribution in [0.5, 0.6) is 5.88 Å². The first-order valence-corrected chi connectivity index (χ1v) is 3.81. The second-order valence-electron chi connectivity index (χ2n) is 2.34. The fraction of sp³-hybridized carbons (Fsp3) is 0.250. The lowest BCUT2D eigenvalue weighted by Gasteiger charge is -2.01. The number of amides is 1. The van der Waals surface area contributed by atoms with Crippen molar-refractivity contribution >= 4 is 11.7 Å². The minimum atomic E-state index is -0.410. The summed E-state index contributed by atoms with van der Waals surface area (Å²) in [5, 5.41) is 17.9. The van der Waals surface area contributed by atoms with Gasteiger partial charge in [0.1, 0.15) is 6.42 Å². The van der Waals surface area contributed by atoms with Crippen molar-refractivity contribution in [3.8, 4) is 11.9 Å². The minimum absolute atomic E-state index is 0.201. The molecule has 0 bridgehead atoms. The molecule has 1 heterocycles. The van der Waals surface area contributed by atoms with E-state index in [0.29, 0.717) is 11.7 Å². The van der Waals surface area contributed by atoms with E-state index in [0.717, 1.165) is 0 Å². The van der Waals surface area contributed by atoms with Crippen molar-refractivity contribution in [1.82, 2.24) is 10.2 Å². The molecule has 1 aromatic rings. The number of rotatable bonds is 3. The van der Waals surface area contributed by atoms with Gasteiger partial charge >= 0.3 is 0 Å². The van der Waals surface area contributed by atoms with Gasteiger partial charge in [0.05, 0.1) is 13.2 Å². The van der Waals surface area contributed by atoms with Gasteiger partial charge in [-0.05, 0) is 6.07 Å². The summed E-state index contributed by atoms with van der Waals surface area (Å²) in [6, 6.07) is 4.83. The number of carbonyl (C=O) groups excluding carboxylic acids is 1. The van der Waals surface area contributed by atoms with Crippen LogP contribution in [0.3, 0.4) is 0 Å². The van der Waals surface area contributed by atoms with Crippen molar-refractivity contribution in [2.75, 3.05) is 12.4 Å². The van der Waals surface area contributed by atoms with Gasteiger partial charge in [-0.15, -0.1) is 10.2 Å². The van der Waals surface area contributed by atoms with E-state index in [1.165, 1.54) is 7.11 Å². The van der Waals surface area contributed by atoms with E-state index in [2.05, 4.69) is 15.5 Å². The van der Waals surface area contributed by atoms with Gasteiger partial charge in [0, 0.05) is 6.07 Å². The molecule has 0 radical (unpaired) electrons. The molecule has 0 aliphatic carbocycles. The highest BCUT2D eigenvalue weighted by atomic mass is 16.5. The molecule has 6 nitrogen and oxygen atoms in total. The number of carbonyl (C=O) groups is 1. The lowest BCUT2D eigenvalue weighted by atomic mass is 10.4. The van der Waals surface area contributed by atoms with Crippen LogP contribution in [0.1, 0.15) is 6.42 Å². The maximum absolute atomic E-state index is 10.9. The quantitative estimate of drug-likeness (QED) is 0.745. The van der Waals surface area contributed by atoms with Gasteiger partial charge in [0.25, 0.3) is 0 Å². The number of nitrogens with one attached hydrogen (secondary N) is 1. The van der Waals surface area contributed by atoms with Gasteiger partial charge in [0.15, 0.2) is 5.82 Å². The molecule has 0 saturated carbocycles. The second kappa shape index (κ2) is 4.77. The van der Waals surface area contributed by atoms with Crippen LogP contribution in [0.15, 0.2) is 12.1 Å². The number of anilines is 1. The summed E-state index contributed by atoms with van der Waals surface area (Å²) in [5.41, 5.74) is 0. The van der Waals surface area contributed by atoms with Crippen LogP contribution in [0, 0.1) is 11.3 Å². The maximum atomic E-state index is 10.9. The summed E-state index contributed by atoms with van der Waals surface area (Å²) in [7, 11) is 1.47. The Morgan fingerprint density at radius 3 is 2.93 bits per heavy atom. The number of hydrogen-bond donors (Lipinski definition) is 1. The average Bonchev–Trinajstić information content (AvgIpc) is 2.19. The SMILES string of the molecule is COc1ccc(NC(=O)CC#N)nn1. The van der Waals surface area contributed by atoms with E-state index in [1.54, 1.807) is 18.2 Å². The molecule has 0 aliphatic heterocycles. The lowest BCUT2D eigenvalue weighted by molar-refractivity contribution is -0.115. The lowest BCUT2D eigenvalue weighted by Crippen LogP contribution is -2.11. The number of nitriles is 1. The van der Waals surface area contributed by atoms with E-state index in [1.807, 2.05) is 0 Å². The Hall–Kier alpha value is -2.16. The largest absolute Gasteiger partial charge is 0.480 e. The van der Waals surface area contributed by atoms with Crippen molar-refractivity contribution in [3.63, 3.8) is 0 Å². The molecule has 6 heteroatoms. The predicted molar refractivity (Wildman–Crippen MR) is 47.4 cm³/mol. The van der Waals surface area contributed by atoms with E-state index in [9.17, 15) is 4.79 Å². The first-order valence-electron chi connectivity index (χ1n) is 3.81. The van der Waals surface area contributed by atoms with Crippen LogP contribution in [0.25, 0.3) is 0 Å². The summed E-state index contributed by atoms with van der Waals surface area (Å²) >= 11 is 0. The Bertz CT molecular complexity index is 355. The Kier molecular flexibility index (Phi) is 3.38. The summed E-state index contributed by atoms with van der Waals surface area (Å²) in [6.07, 6.45) is -0.201. The van der Waals surface area contributed by atoms with Gasteiger partial charge in [-0.3, -0.25) is 4.79 Å². The molecule has 0 saturated heterocycles. The molecule has 0 aromatic carbocycles. The molecular weight excluding hydrogens is 184 g/mol. The monoisotopic (exact) mass is 192 g/mol. The molecule has 1 rings (SSSR count). The summed E-state index contributed by atoms with van der Waals surface area (Å²) in [6.45, 7) is 0. The van der Waals surface area contributed by atoms with Crippen LogP contribution < -0.4 is 10.1 Å². The third-order valence-corrected chi connectivity index (χ3v) is 1.36. The van der Waals surface area contributed by atoms with Crippen molar-refractivity contribution in [3.05, 3.63) is 12.1 Å². The van der Waals surface area contributed by atoms with Crippen molar-refractivity contribution in [1.29, 1.82) is 5.26 Å². The van der Waals surface area contributed by atoms with Crippen molar-refractivity contribution < 1.29 is 9.53 Å². The number of aromatic nitrogens is 2. The summed E-state index contributed by atoms with van der Waals surface area (Å²) in [4.78, 5) is 10.9. The first kappa shape index (κ1) is 9.92. The summed E-state index contributed by atoms with van der Waals surface area (Å²) < 4.78 is 4.78. The maximum Gasteiger partial charge on any atom is 0.239 e. The third kappa shape index (κ3) is 2.71. The zero-order chi connectivity index (χ0) is 10.4. The molecule has 0 atom stereocenters. The molecule has 1 N–H and O–H groups in total. The molecule has 1 aromatic heterocycles. The smallest absolute Gasteiger partial charge is 0.239 e. The highest BCUT2D eigenvalue weighted by molar-refractivity contribution is 5.90. The number of hydrogen-bond acceptors (Lipinski definition) is 5. The van der Waals surface area contributed by atoms with Crippen molar-refractivity contribution in [2.24, 2.45) is 0 Å². The molecule has 0 aliphatic rings. The van der Waals surface area contributed by atoms with Crippen LogP contribution in [0.2, 0.25) is 0 Å². The molecule has 14 heavy (non-hydrogen) atoms. The molecule has 0 fully saturated rings. The molecular formula is C8H8N4O2. The first-order chi connectivity index (χ1) is 6.76. The summed E-state index contributed by atoms with van der Waals surface area (Å²) in [5.74, 6) is 0.251. The Labute approximate surface area is 80.5 Å². The van der Waals surface area contributed by atoms with Crippen LogP contribution in [-0.4, -0.2) is 23.2 Å². The average molecular weight is 192 g/mol. The Morgan fingerprint density at radius 1 is 1.64 bits per heavy atom. The van der Waals surface area contributed by atoms with Gasteiger partial charge in [0.2, 0.25) is 11.8 Å². The van der Waals surface area contributed by atoms with Gasteiger partial charge in [-0.1, -0.05) is 0 Å².